The molecule has 0 saturated heterocycles. The second kappa shape index (κ2) is 28.4. The zero-order valence-corrected chi connectivity index (χ0v) is 39.1. The first-order valence-electron chi connectivity index (χ1n) is 26.0. The minimum absolute atomic E-state index is 0.178. The van der Waals surface area contributed by atoms with E-state index in [9.17, 15) is 0 Å². The zero-order chi connectivity index (χ0) is 41.5. The first kappa shape index (κ1) is 50.4. The van der Waals surface area contributed by atoms with Crippen LogP contribution in [0.25, 0.3) is 0 Å². The highest BCUT2D eigenvalue weighted by molar-refractivity contribution is 5.15. The first-order chi connectivity index (χ1) is 28.3. The van der Waals surface area contributed by atoms with Crippen molar-refractivity contribution in [2.75, 3.05) is 52.5 Å². The van der Waals surface area contributed by atoms with Crippen LogP contribution in [0.2, 0.25) is 0 Å². The molecule has 58 heavy (non-hydrogen) atoms. The maximum absolute atomic E-state index is 7.08. The Morgan fingerprint density at radius 3 is 1.74 bits per heavy atom. The van der Waals surface area contributed by atoms with Gasteiger partial charge in [-0.2, -0.15) is 0 Å². The predicted octanol–water partition coefficient (Wildman–Crippen LogP) is 11.3. The molecule has 0 aromatic heterocycles. The molecule has 0 aromatic rings. The summed E-state index contributed by atoms with van der Waals surface area (Å²) in [7, 11) is 0. The highest BCUT2D eigenvalue weighted by Crippen LogP contribution is 2.69. The van der Waals surface area contributed by atoms with Crippen molar-refractivity contribution in [2.24, 2.45) is 63.5 Å². The molecule has 7 heteroatoms. The van der Waals surface area contributed by atoms with Crippen molar-refractivity contribution in [1.29, 1.82) is 0 Å². The van der Waals surface area contributed by atoms with Crippen molar-refractivity contribution in [1.82, 2.24) is 5.32 Å². The van der Waals surface area contributed by atoms with E-state index in [0.717, 1.165) is 52.0 Å². The second-order valence-corrected chi connectivity index (χ2v) is 20.6. The topological polar surface area (TPSA) is 118 Å². The Balaban J connectivity index is 1.22. The Bertz CT molecular complexity index is 1030. The molecule has 0 spiro atoms. The fraction of sp³-hybridized carbons (Fsp3) is 1.00. The van der Waals surface area contributed by atoms with Crippen LogP contribution in [0.5, 0.6) is 0 Å². The lowest BCUT2D eigenvalue weighted by atomic mass is 9.43. The summed E-state index contributed by atoms with van der Waals surface area (Å²) in [4.78, 5) is 0. The average Bonchev–Trinajstić information content (AvgIpc) is 3.58. The zero-order valence-electron chi connectivity index (χ0n) is 39.1. The summed E-state index contributed by atoms with van der Waals surface area (Å²) < 4.78 is 20.5. The maximum atomic E-state index is 7.08. The van der Waals surface area contributed by atoms with E-state index in [-0.39, 0.29) is 5.41 Å². The quantitative estimate of drug-likeness (QED) is 0.0478. The first-order valence-corrected chi connectivity index (χ1v) is 26.0. The molecule has 4 rings (SSSR count). The van der Waals surface area contributed by atoms with E-state index in [4.69, 9.17) is 31.4 Å². The van der Waals surface area contributed by atoms with Gasteiger partial charge in [-0.3, -0.25) is 0 Å². The van der Waals surface area contributed by atoms with Crippen LogP contribution in [0, 0.1) is 46.3 Å². The normalized spacial score (nSPS) is 32.5. The third kappa shape index (κ3) is 14.9. The minimum atomic E-state index is 0.178. The van der Waals surface area contributed by atoms with Crippen molar-refractivity contribution >= 4 is 0 Å². The van der Waals surface area contributed by atoms with E-state index in [1.54, 1.807) is 0 Å². The molecule has 0 aliphatic heterocycles. The lowest BCUT2D eigenvalue weighted by Gasteiger charge is -2.65. The number of rotatable bonds is 34. The summed E-state index contributed by atoms with van der Waals surface area (Å²) in [5, 5.41) is 3.83. The van der Waals surface area contributed by atoms with E-state index in [1.807, 2.05) is 0 Å². The molecule has 342 valence electrons. The Hall–Kier alpha value is -0.280. The summed E-state index contributed by atoms with van der Waals surface area (Å²) in [6.45, 7) is 17.0. The standard InChI is InChI=1S/C51H100N4O3/c1-5-6-7-8-9-10-11-12-13-14-15-16-17-18-19-20-33-55-34-21-25-41(2)44-26-27-45-49-46(40-48(51(44,45)4)58-37-24-32-54)50(3)29-28-43(56-35-22-30-52)38-42(50)39-47(49)57-36-23-31-53/h41-49,55H,5-40,52-54H2,1-4H3/t41-,42?,43-,44-,45+,46+,47?,48+,49?,50+,51-/m1/s1. The third-order valence-corrected chi connectivity index (χ3v) is 16.7. The molecular weight excluding hydrogens is 717 g/mol. The van der Waals surface area contributed by atoms with Gasteiger partial charge in [-0.05, 0) is 157 Å². The van der Waals surface area contributed by atoms with E-state index in [2.05, 4.69) is 33.0 Å². The van der Waals surface area contributed by atoms with E-state index in [1.165, 1.54) is 161 Å². The van der Waals surface area contributed by atoms with Crippen molar-refractivity contribution < 1.29 is 14.2 Å². The van der Waals surface area contributed by atoms with E-state index in [0.29, 0.717) is 78.9 Å². The Morgan fingerprint density at radius 1 is 0.586 bits per heavy atom. The van der Waals surface area contributed by atoms with Crippen LogP contribution in [0.4, 0.5) is 0 Å². The summed E-state index contributed by atoms with van der Waals surface area (Å²) in [6, 6.07) is 0. The second-order valence-electron chi connectivity index (χ2n) is 20.6. The van der Waals surface area contributed by atoms with Gasteiger partial charge < -0.3 is 36.7 Å². The summed E-state index contributed by atoms with van der Waals surface area (Å²) in [5.74, 6) is 3.91. The molecule has 11 atom stereocenters. The van der Waals surface area contributed by atoms with Gasteiger partial charge in [-0.15, -0.1) is 0 Å². The smallest absolute Gasteiger partial charge is 0.0637 e. The van der Waals surface area contributed by atoms with Gasteiger partial charge in [0.1, 0.15) is 0 Å². The van der Waals surface area contributed by atoms with Gasteiger partial charge in [0, 0.05) is 25.2 Å². The van der Waals surface area contributed by atoms with Gasteiger partial charge in [0.25, 0.3) is 0 Å². The fourth-order valence-corrected chi connectivity index (χ4v) is 13.3. The number of hydrogen-bond donors (Lipinski definition) is 4. The van der Waals surface area contributed by atoms with Crippen LogP contribution in [0.15, 0.2) is 0 Å². The SMILES string of the molecule is CCCCCCCCCCCCCCCCCCNCCC[C@@H](C)[C@H]1CC[C@H]2C3C(OCCCN)CC4C[C@H](OCCCN)CC[C@]4(C)[C@H]3C[C@H](OCCCN)[C@]12C. The maximum Gasteiger partial charge on any atom is 0.0637 e. The number of fused-ring (bicyclic) bond motifs is 5. The van der Waals surface area contributed by atoms with Gasteiger partial charge in [0.15, 0.2) is 0 Å². The summed E-state index contributed by atoms with van der Waals surface area (Å²) in [6.07, 6.45) is 37.9. The highest BCUT2D eigenvalue weighted by atomic mass is 16.5. The van der Waals surface area contributed by atoms with Crippen LogP contribution in [-0.4, -0.2) is 70.9 Å². The Labute approximate surface area is 360 Å². The average molecular weight is 817 g/mol. The molecular formula is C51H100N4O3. The molecule has 4 aliphatic carbocycles. The lowest BCUT2D eigenvalue weighted by molar-refractivity contribution is -0.227. The van der Waals surface area contributed by atoms with E-state index >= 15 is 0 Å². The van der Waals surface area contributed by atoms with Crippen LogP contribution in [0.3, 0.4) is 0 Å². The lowest BCUT2D eigenvalue weighted by Crippen LogP contribution is -2.63. The molecule has 3 unspecified atom stereocenters. The van der Waals surface area contributed by atoms with Crippen LogP contribution >= 0.6 is 0 Å². The van der Waals surface area contributed by atoms with E-state index < -0.39 is 0 Å². The van der Waals surface area contributed by atoms with Gasteiger partial charge in [-0.25, -0.2) is 0 Å². The van der Waals surface area contributed by atoms with Crippen LogP contribution in [0.1, 0.15) is 207 Å². The molecule has 7 nitrogen and oxygen atoms in total. The fourth-order valence-electron chi connectivity index (χ4n) is 13.3. The predicted molar refractivity (Wildman–Crippen MR) is 247 cm³/mol. The molecule has 0 bridgehead atoms. The molecule has 4 saturated carbocycles. The van der Waals surface area contributed by atoms with Crippen LogP contribution in [-0.2, 0) is 14.2 Å². The highest BCUT2D eigenvalue weighted by Gasteiger charge is 2.66. The summed E-state index contributed by atoms with van der Waals surface area (Å²) >= 11 is 0. The third-order valence-electron chi connectivity index (χ3n) is 16.7. The van der Waals surface area contributed by atoms with Gasteiger partial charge >= 0.3 is 0 Å². The Morgan fingerprint density at radius 2 is 1.14 bits per heavy atom. The molecule has 0 radical (unpaired) electrons. The molecule has 0 amide bonds. The van der Waals surface area contributed by atoms with Crippen molar-refractivity contribution in [3.05, 3.63) is 0 Å². The number of nitrogens with one attached hydrogen (secondary N) is 1. The molecule has 4 aliphatic rings. The molecule has 7 N–H and O–H groups in total. The monoisotopic (exact) mass is 817 g/mol. The van der Waals surface area contributed by atoms with Crippen molar-refractivity contribution in [3.8, 4) is 0 Å². The molecule has 0 heterocycles. The minimum Gasteiger partial charge on any atom is -0.378 e. The number of hydrogen-bond acceptors (Lipinski definition) is 7. The largest absolute Gasteiger partial charge is 0.378 e. The molecule has 4 fully saturated rings. The van der Waals surface area contributed by atoms with Gasteiger partial charge in [0.05, 0.1) is 18.3 Å². The van der Waals surface area contributed by atoms with Crippen LogP contribution < -0.4 is 22.5 Å². The molecule has 0 aromatic carbocycles. The summed E-state index contributed by atoms with van der Waals surface area (Å²) in [5.41, 5.74) is 18.4. The number of unbranched alkanes of at least 4 members (excludes halogenated alkanes) is 15. The van der Waals surface area contributed by atoms with Crippen molar-refractivity contribution in [2.45, 2.75) is 226 Å². The number of ether oxygens (including phenoxy) is 3. The van der Waals surface area contributed by atoms with Crippen molar-refractivity contribution in [3.63, 3.8) is 0 Å². The Kier molecular flexibility index (Phi) is 24.7. The number of nitrogens with two attached hydrogens (primary N) is 3. The van der Waals surface area contributed by atoms with Gasteiger partial charge in [0.2, 0.25) is 0 Å². The van der Waals surface area contributed by atoms with Gasteiger partial charge in [-0.1, -0.05) is 124 Å².